The highest BCUT2D eigenvalue weighted by atomic mass is 35.5. The van der Waals surface area contributed by atoms with Gasteiger partial charge in [0.15, 0.2) is 0 Å². The zero-order valence-corrected chi connectivity index (χ0v) is 11.6. The number of anilines is 2. The van der Waals surface area contributed by atoms with Crippen LogP contribution in [-0.2, 0) is 11.8 Å². The van der Waals surface area contributed by atoms with Crippen LogP contribution in [-0.4, -0.2) is 31.9 Å². The van der Waals surface area contributed by atoms with Gasteiger partial charge in [-0.1, -0.05) is 23.4 Å². The molecule has 1 aromatic heterocycles. The van der Waals surface area contributed by atoms with Gasteiger partial charge in [0, 0.05) is 12.1 Å². The summed E-state index contributed by atoms with van der Waals surface area (Å²) in [5.41, 5.74) is 6.70. The Morgan fingerprint density at radius 2 is 2.37 bits per heavy atom. The molecule has 1 aromatic carbocycles. The fraction of sp³-hybridized carbons (Fsp3) is 0.200. The summed E-state index contributed by atoms with van der Waals surface area (Å²) in [6.45, 7) is 0. The van der Waals surface area contributed by atoms with Crippen LogP contribution in [0.3, 0.4) is 0 Å². The Labute approximate surface area is 118 Å². The third-order valence-corrected chi connectivity index (χ3v) is 3.45. The molecular formula is C10H11ClN6OS. The van der Waals surface area contributed by atoms with Gasteiger partial charge in [0.1, 0.15) is 0 Å². The van der Waals surface area contributed by atoms with Gasteiger partial charge in [-0.2, -0.15) is 0 Å². The van der Waals surface area contributed by atoms with Crippen LogP contribution in [0.15, 0.2) is 23.4 Å². The molecule has 0 aliphatic carbocycles. The number of nitrogen functional groups attached to an aromatic ring is 1. The molecule has 0 bridgehead atoms. The van der Waals surface area contributed by atoms with Gasteiger partial charge in [0.05, 0.1) is 17.1 Å². The first-order valence-electron chi connectivity index (χ1n) is 5.26. The Hall–Kier alpha value is -1.80. The predicted octanol–water partition coefficient (Wildman–Crippen LogP) is 1.18. The number of thioether (sulfide) groups is 1. The van der Waals surface area contributed by atoms with Crippen molar-refractivity contribution in [1.82, 2.24) is 20.2 Å². The molecule has 2 aromatic rings. The summed E-state index contributed by atoms with van der Waals surface area (Å²) in [5, 5.41) is 14.7. The number of rotatable bonds is 4. The number of nitrogens with one attached hydrogen (secondary N) is 1. The minimum absolute atomic E-state index is 0.191. The lowest BCUT2D eigenvalue weighted by Gasteiger charge is -2.07. The highest BCUT2D eigenvalue weighted by Gasteiger charge is 2.09. The van der Waals surface area contributed by atoms with Crippen LogP contribution in [0.4, 0.5) is 11.4 Å². The van der Waals surface area contributed by atoms with Crippen molar-refractivity contribution in [2.45, 2.75) is 5.16 Å². The van der Waals surface area contributed by atoms with Gasteiger partial charge >= 0.3 is 0 Å². The molecule has 0 saturated heterocycles. The molecule has 0 radical (unpaired) electrons. The highest BCUT2D eigenvalue weighted by molar-refractivity contribution is 7.99. The van der Waals surface area contributed by atoms with E-state index in [-0.39, 0.29) is 11.7 Å². The number of benzene rings is 1. The van der Waals surface area contributed by atoms with Crippen LogP contribution in [0, 0.1) is 0 Å². The molecular weight excluding hydrogens is 288 g/mol. The van der Waals surface area contributed by atoms with E-state index < -0.39 is 0 Å². The average molecular weight is 299 g/mol. The predicted molar refractivity (Wildman–Crippen MR) is 74.0 cm³/mol. The Morgan fingerprint density at radius 3 is 3.00 bits per heavy atom. The number of aromatic nitrogens is 4. The molecule has 0 saturated carbocycles. The molecule has 0 atom stereocenters. The highest BCUT2D eigenvalue weighted by Crippen LogP contribution is 2.23. The second-order valence-corrected chi connectivity index (χ2v) is 5.03. The Morgan fingerprint density at radius 1 is 1.58 bits per heavy atom. The van der Waals surface area contributed by atoms with Crippen LogP contribution in [0.1, 0.15) is 0 Å². The maximum Gasteiger partial charge on any atom is 0.234 e. The number of carbonyl (C=O) groups excluding carboxylic acids is 1. The summed E-state index contributed by atoms with van der Waals surface area (Å²) in [4.78, 5) is 11.8. The number of nitrogens with two attached hydrogens (primary N) is 1. The maximum absolute atomic E-state index is 11.8. The number of tetrazole rings is 1. The van der Waals surface area contributed by atoms with E-state index in [2.05, 4.69) is 20.8 Å². The topological polar surface area (TPSA) is 98.7 Å². The fourth-order valence-corrected chi connectivity index (χ4v) is 2.14. The number of hydrogen-bond acceptors (Lipinski definition) is 6. The van der Waals surface area contributed by atoms with Crippen molar-refractivity contribution in [3.63, 3.8) is 0 Å². The van der Waals surface area contributed by atoms with E-state index in [1.165, 1.54) is 16.4 Å². The zero-order valence-electron chi connectivity index (χ0n) is 10.00. The first-order chi connectivity index (χ1) is 9.06. The lowest BCUT2D eigenvalue weighted by Crippen LogP contribution is -2.15. The zero-order chi connectivity index (χ0) is 13.8. The summed E-state index contributed by atoms with van der Waals surface area (Å²) >= 11 is 7.02. The summed E-state index contributed by atoms with van der Waals surface area (Å²) in [7, 11) is 1.71. The molecule has 0 aliphatic heterocycles. The lowest BCUT2D eigenvalue weighted by molar-refractivity contribution is -0.113. The maximum atomic E-state index is 11.8. The molecule has 2 rings (SSSR count). The second-order valence-electron chi connectivity index (χ2n) is 3.65. The normalized spacial score (nSPS) is 10.4. The van der Waals surface area contributed by atoms with Gasteiger partial charge < -0.3 is 11.1 Å². The van der Waals surface area contributed by atoms with Crippen molar-refractivity contribution < 1.29 is 4.79 Å². The number of amides is 1. The molecule has 0 spiro atoms. The molecule has 100 valence electrons. The lowest BCUT2D eigenvalue weighted by atomic mass is 10.2. The SMILES string of the molecule is Cn1nnnc1SCC(=O)Nc1ccc(Cl)cc1N. The van der Waals surface area contributed by atoms with Crippen LogP contribution < -0.4 is 11.1 Å². The van der Waals surface area contributed by atoms with E-state index in [0.29, 0.717) is 21.6 Å². The van der Waals surface area contributed by atoms with Gasteiger partial charge in [-0.05, 0) is 28.6 Å². The quantitative estimate of drug-likeness (QED) is 0.649. The smallest absolute Gasteiger partial charge is 0.234 e. The third kappa shape index (κ3) is 3.58. The van der Waals surface area contributed by atoms with Crippen molar-refractivity contribution in [1.29, 1.82) is 0 Å². The van der Waals surface area contributed by atoms with Gasteiger partial charge in [0.25, 0.3) is 0 Å². The van der Waals surface area contributed by atoms with E-state index >= 15 is 0 Å². The minimum Gasteiger partial charge on any atom is -0.397 e. The second kappa shape index (κ2) is 5.89. The van der Waals surface area contributed by atoms with Crippen molar-refractivity contribution >= 4 is 40.6 Å². The Bertz CT molecular complexity index is 601. The van der Waals surface area contributed by atoms with Crippen molar-refractivity contribution in [2.24, 2.45) is 7.05 Å². The third-order valence-electron chi connectivity index (χ3n) is 2.20. The first-order valence-corrected chi connectivity index (χ1v) is 6.62. The van der Waals surface area contributed by atoms with Gasteiger partial charge in [-0.25, -0.2) is 4.68 Å². The Kier molecular flexibility index (Phi) is 4.23. The monoisotopic (exact) mass is 298 g/mol. The molecule has 3 N–H and O–H groups in total. The minimum atomic E-state index is -0.193. The molecule has 19 heavy (non-hydrogen) atoms. The van der Waals surface area contributed by atoms with Crippen LogP contribution in [0.2, 0.25) is 5.02 Å². The largest absolute Gasteiger partial charge is 0.397 e. The number of nitrogens with zero attached hydrogens (tertiary/aromatic N) is 4. The van der Waals surface area contributed by atoms with Gasteiger partial charge in [-0.15, -0.1) is 5.10 Å². The van der Waals surface area contributed by atoms with Crippen molar-refractivity contribution in [3.05, 3.63) is 23.2 Å². The summed E-state index contributed by atoms with van der Waals surface area (Å²) in [6.07, 6.45) is 0. The number of hydrogen-bond donors (Lipinski definition) is 2. The van der Waals surface area contributed by atoms with Gasteiger partial charge in [-0.3, -0.25) is 4.79 Å². The first kappa shape index (κ1) is 13.6. The molecule has 0 unspecified atom stereocenters. The number of aryl methyl sites for hydroxylation is 1. The van der Waals surface area contributed by atoms with E-state index in [0.717, 1.165) is 0 Å². The van der Waals surface area contributed by atoms with Gasteiger partial charge in [0.2, 0.25) is 11.1 Å². The molecule has 7 nitrogen and oxygen atoms in total. The summed E-state index contributed by atoms with van der Waals surface area (Å²) in [5.74, 6) is -0.00182. The number of carbonyl (C=O) groups is 1. The molecule has 0 aliphatic rings. The van der Waals surface area contributed by atoms with Crippen LogP contribution in [0.5, 0.6) is 0 Å². The van der Waals surface area contributed by atoms with E-state index in [1.54, 1.807) is 25.2 Å². The number of halogens is 1. The van der Waals surface area contributed by atoms with Crippen LogP contribution >= 0.6 is 23.4 Å². The molecule has 1 amide bonds. The average Bonchev–Trinajstić information content (AvgIpc) is 2.76. The van der Waals surface area contributed by atoms with E-state index in [4.69, 9.17) is 17.3 Å². The molecule has 0 fully saturated rings. The molecule has 9 heteroatoms. The summed E-state index contributed by atoms with van der Waals surface area (Å²) < 4.78 is 1.49. The summed E-state index contributed by atoms with van der Waals surface area (Å²) in [6, 6.07) is 4.90. The van der Waals surface area contributed by atoms with Crippen molar-refractivity contribution in [2.75, 3.05) is 16.8 Å². The fourth-order valence-electron chi connectivity index (χ4n) is 1.31. The van der Waals surface area contributed by atoms with Crippen LogP contribution in [0.25, 0.3) is 0 Å². The van der Waals surface area contributed by atoms with Crippen molar-refractivity contribution in [3.8, 4) is 0 Å². The molecule has 1 heterocycles. The Balaban J connectivity index is 1.93. The standard InChI is InChI=1S/C10H11ClN6OS/c1-17-10(14-15-16-17)19-5-9(18)13-8-3-2-6(11)4-7(8)12/h2-4H,5,12H2,1H3,(H,13,18). The van der Waals surface area contributed by atoms with E-state index in [9.17, 15) is 4.79 Å². The van der Waals surface area contributed by atoms with E-state index in [1.807, 2.05) is 0 Å².